The number of pyridine rings is 1. The fraction of sp³-hybridized carbons (Fsp3) is 0.133. The Balaban J connectivity index is 1.48. The van der Waals surface area contributed by atoms with Gasteiger partial charge in [-0.3, -0.25) is 4.98 Å². The quantitative estimate of drug-likeness (QED) is 0.549. The van der Waals surface area contributed by atoms with Crippen LogP contribution < -0.4 is 0 Å². The lowest BCUT2D eigenvalue weighted by atomic mass is 10.2. The molecule has 0 spiro atoms. The zero-order chi connectivity index (χ0) is 17.2. The van der Waals surface area contributed by atoms with Gasteiger partial charge in [0.2, 0.25) is 5.89 Å². The molecule has 4 aromatic heterocycles. The Morgan fingerprint density at radius 2 is 2.04 bits per heavy atom. The molecular formula is C15H10F2N6O2. The monoisotopic (exact) mass is 344 g/mol. The van der Waals surface area contributed by atoms with Crippen LogP contribution in [0, 0.1) is 0 Å². The number of aromatic nitrogens is 6. The number of furan rings is 1. The van der Waals surface area contributed by atoms with Crippen molar-refractivity contribution in [1.29, 1.82) is 0 Å². The first-order chi connectivity index (χ1) is 12.2. The van der Waals surface area contributed by atoms with Gasteiger partial charge in [0.05, 0.1) is 30.3 Å². The number of rotatable bonds is 5. The molecule has 10 heteroatoms. The van der Waals surface area contributed by atoms with E-state index < -0.39 is 12.3 Å². The van der Waals surface area contributed by atoms with E-state index in [1.54, 1.807) is 41.4 Å². The summed E-state index contributed by atoms with van der Waals surface area (Å²) < 4.78 is 36.7. The molecule has 0 saturated heterocycles. The Labute approximate surface area is 139 Å². The summed E-state index contributed by atoms with van der Waals surface area (Å²) in [6.45, 7) is 0.389. The van der Waals surface area contributed by atoms with Gasteiger partial charge < -0.3 is 8.83 Å². The summed E-state index contributed by atoms with van der Waals surface area (Å²) in [7, 11) is 0. The highest BCUT2D eigenvalue weighted by atomic mass is 19.3. The second-order valence-electron chi connectivity index (χ2n) is 5.06. The van der Waals surface area contributed by atoms with Gasteiger partial charge in [-0.15, -0.1) is 15.3 Å². The van der Waals surface area contributed by atoms with E-state index >= 15 is 0 Å². The summed E-state index contributed by atoms with van der Waals surface area (Å²) in [6.07, 6.45) is 1.97. The lowest BCUT2D eigenvalue weighted by molar-refractivity contribution is 0.116. The van der Waals surface area contributed by atoms with Gasteiger partial charge in [-0.1, -0.05) is 5.21 Å². The van der Waals surface area contributed by atoms with Gasteiger partial charge in [0.25, 0.3) is 5.89 Å². The van der Waals surface area contributed by atoms with Gasteiger partial charge in [-0.25, -0.2) is 4.68 Å². The van der Waals surface area contributed by atoms with Crippen LogP contribution in [0.2, 0.25) is 0 Å². The summed E-state index contributed by atoms with van der Waals surface area (Å²) in [4.78, 5) is 4.25. The zero-order valence-corrected chi connectivity index (χ0v) is 12.6. The molecule has 0 aromatic carbocycles. The average molecular weight is 344 g/mol. The number of hydrogen-bond acceptors (Lipinski definition) is 7. The van der Waals surface area contributed by atoms with E-state index in [0.29, 0.717) is 29.3 Å². The minimum absolute atomic E-state index is 0.00443. The molecule has 0 aliphatic rings. The maximum Gasteiger partial charge on any atom is 0.314 e. The summed E-state index contributed by atoms with van der Waals surface area (Å²) in [6, 6.07) is 6.94. The molecule has 0 saturated carbocycles. The fourth-order valence-corrected chi connectivity index (χ4v) is 2.16. The average Bonchev–Trinajstić information content (AvgIpc) is 3.36. The number of nitrogens with zero attached hydrogens (tertiary/aromatic N) is 6. The molecule has 0 radical (unpaired) electrons. The first-order valence-electron chi connectivity index (χ1n) is 7.20. The highest BCUT2D eigenvalue weighted by Crippen LogP contribution is 2.23. The largest absolute Gasteiger partial charge is 0.463 e. The van der Waals surface area contributed by atoms with Gasteiger partial charge in [-0.2, -0.15) is 8.78 Å². The molecule has 4 rings (SSSR count). The van der Waals surface area contributed by atoms with Crippen molar-refractivity contribution in [3.63, 3.8) is 0 Å². The van der Waals surface area contributed by atoms with E-state index in [1.807, 2.05) is 0 Å². The fourth-order valence-electron chi connectivity index (χ4n) is 2.16. The SMILES string of the molecule is FC(F)c1nnc(-c2ccc(Cn3cc(-c4ccco4)nn3)nc2)o1. The van der Waals surface area contributed by atoms with Gasteiger partial charge in [0, 0.05) is 6.20 Å². The number of halogens is 2. The maximum atomic E-state index is 12.5. The third-order valence-electron chi connectivity index (χ3n) is 3.34. The first kappa shape index (κ1) is 15.1. The molecule has 8 nitrogen and oxygen atoms in total. The van der Waals surface area contributed by atoms with Crippen LogP contribution in [-0.2, 0) is 6.54 Å². The Bertz CT molecular complexity index is 962. The first-order valence-corrected chi connectivity index (χ1v) is 7.20. The molecule has 4 heterocycles. The van der Waals surface area contributed by atoms with Gasteiger partial charge in [0.15, 0.2) is 5.76 Å². The van der Waals surface area contributed by atoms with Crippen molar-refractivity contribution in [2.45, 2.75) is 13.0 Å². The second kappa shape index (κ2) is 6.23. The topological polar surface area (TPSA) is 95.7 Å². The molecule has 0 N–H and O–H groups in total. The Morgan fingerprint density at radius 3 is 2.72 bits per heavy atom. The minimum atomic E-state index is -2.80. The van der Waals surface area contributed by atoms with Crippen molar-refractivity contribution >= 4 is 0 Å². The van der Waals surface area contributed by atoms with E-state index in [9.17, 15) is 8.78 Å². The lowest BCUT2D eigenvalue weighted by Gasteiger charge is -2.00. The Morgan fingerprint density at radius 1 is 1.12 bits per heavy atom. The number of alkyl halides is 2. The van der Waals surface area contributed by atoms with Crippen molar-refractivity contribution in [2.75, 3.05) is 0 Å². The van der Waals surface area contributed by atoms with Gasteiger partial charge in [-0.05, 0) is 24.3 Å². The molecular weight excluding hydrogens is 334 g/mol. The summed E-state index contributed by atoms with van der Waals surface area (Å²) >= 11 is 0. The van der Waals surface area contributed by atoms with Crippen LogP contribution in [0.25, 0.3) is 22.9 Å². The van der Waals surface area contributed by atoms with Crippen LogP contribution in [0.1, 0.15) is 18.0 Å². The van der Waals surface area contributed by atoms with Crippen LogP contribution in [0.15, 0.2) is 51.8 Å². The number of hydrogen-bond donors (Lipinski definition) is 0. The predicted molar refractivity (Wildman–Crippen MR) is 79.3 cm³/mol. The van der Waals surface area contributed by atoms with E-state index in [-0.39, 0.29) is 5.89 Å². The molecule has 126 valence electrons. The zero-order valence-electron chi connectivity index (χ0n) is 12.6. The highest BCUT2D eigenvalue weighted by molar-refractivity contribution is 5.51. The third-order valence-corrected chi connectivity index (χ3v) is 3.34. The van der Waals surface area contributed by atoms with Crippen LogP contribution in [0.5, 0.6) is 0 Å². The van der Waals surface area contributed by atoms with Crippen molar-refractivity contribution < 1.29 is 17.6 Å². The van der Waals surface area contributed by atoms with E-state index in [2.05, 4.69) is 25.5 Å². The second-order valence-corrected chi connectivity index (χ2v) is 5.06. The molecule has 4 aromatic rings. The molecule has 0 amide bonds. The lowest BCUT2D eigenvalue weighted by Crippen LogP contribution is -2.02. The van der Waals surface area contributed by atoms with Crippen molar-refractivity contribution in [3.05, 3.63) is 54.5 Å². The normalized spacial score (nSPS) is 11.3. The molecule has 0 atom stereocenters. The third kappa shape index (κ3) is 3.13. The summed E-state index contributed by atoms with van der Waals surface area (Å²) in [5.74, 6) is -0.0943. The van der Waals surface area contributed by atoms with Crippen LogP contribution in [0.4, 0.5) is 8.78 Å². The summed E-state index contributed by atoms with van der Waals surface area (Å²) in [5.41, 5.74) is 1.78. The van der Waals surface area contributed by atoms with E-state index in [0.717, 1.165) is 0 Å². The van der Waals surface area contributed by atoms with Crippen molar-refractivity contribution in [3.8, 4) is 22.9 Å². The van der Waals surface area contributed by atoms with E-state index in [1.165, 1.54) is 6.20 Å². The van der Waals surface area contributed by atoms with Crippen LogP contribution in [-0.4, -0.2) is 30.2 Å². The Hall–Kier alpha value is -3.43. The van der Waals surface area contributed by atoms with E-state index in [4.69, 9.17) is 8.83 Å². The molecule has 0 unspecified atom stereocenters. The maximum absolute atomic E-state index is 12.5. The van der Waals surface area contributed by atoms with Crippen molar-refractivity contribution in [2.24, 2.45) is 0 Å². The molecule has 0 fully saturated rings. The predicted octanol–water partition coefficient (Wildman–Crippen LogP) is 2.97. The van der Waals surface area contributed by atoms with Crippen molar-refractivity contribution in [1.82, 2.24) is 30.2 Å². The van der Waals surface area contributed by atoms with Crippen LogP contribution >= 0.6 is 0 Å². The smallest absolute Gasteiger partial charge is 0.314 e. The van der Waals surface area contributed by atoms with Gasteiger partial charge >= 0.3 is 6.43 Å². The summed E-state index contributed by atoms with van der Waals surface area (Å²) in [5, 5.41) is 14.9. The standard InChI is InChI=1S/C15H10F2N6O2/c16-13(17)15-21-20-14(25-15)9-3-4-10(18-6-9)7-23-8-11(19-22-23)12-2-1-5-24-12/h1-6,8,13H,7H2. The molecule has 0 aliphatic carbocycles. The molecule has 0 aliphatic heterocycles. The highest BCUT2D eigenvalue weighted by Gasteiger charge is 2.17. The molecule has 0 bridgehead atoms. The van der Waals surface area contributed by atoms with Gasteiger partial charge in [0.1, 0.15) is 5.69 Å². The van der Waals surface area contributed by atoms with Crippen LogP contribution in [0.3, 0.4) is 0 Å². The molecule has 25 heavy (non-hydrogen) atoms. The minimum Gasteiger partial charge on any atom is -0.463 e. The Kier molecular flexibility index (Phi) is 3.77.